The molecule has 6 heteroatoms. The van der Waals surface area contributed by atoms with Crippen LogP contribution in [0.4, 0.5) is 22.7 Å². The van der Waals surface area contributed by atoms with Gasteiger partial charge in [0.2, 0.25) is 6.71 Å². The quantitative estimate of drug-likeness (QED) is 0.107. The van der Waals surface area contributed by atoms with Crippen LogP contribution in [0.5, 0.6) is 0 Å². The molecule has 0 saturated carbocycles. The lowest BCUT2D eigenvalue weighted by atomic mass is 9.31. The van der Waals surface area contributed by atoms with Gasteiger partial charge < -0.3 is 14.0 Å². The fourth-order valence-corrected chi connectivity index (χ4v) is 17.8. The van der Waals surface area contributed by atoms with E-state index in [1.807, 2.05) is 24.3 Å². The number of anilines is 3. The van der Waals surface area contributed by atoms with Gasteiger partial charge in [-0.15, -0.1) is 0 Å². The maximum Gasteiger partial charge on any atom is 0.247 e. The summed E-state index contributed by atoms with van der Waals surface area (Å²) in [5, 5.41) is 16.4. The average Bonchev–Trinajstić information content (AvgIpc) is 1.08. The number of para-hydroxylation sites is 5. The van der Waals surface area contributed by atoms with Crippen molar-refractivity contribution in [2.24, 2.45) is 0 Å². The summed E-state index contributed by atoms with van der Waals surface area (Å²) in [5.41, 5.74) is 32.1. The standard InChI is InChI=1S/C103H86BN5/c1-100(2,3)69-36-29-34-65(53-69)81-57-71(102(7,8)9)59-83(75-38-18-17-33-67(75)63-105)96(81)97-85-61-73(107-90-45-25-20-40-77(90)78-41-21-26-46-91(78)107)49-51-87(85)104-88-52-50-74(108-92-47-27-22-42-79(92)80-43-23-28-48-93(80)108)62-94(88)109(95-56-68(55-86(97)98(95)104)64-31-15-14-16-32-64)99-82(66-35-30-37-70(54-66)101(4,5)6)58-72(103(10,11)12)60-84(99)76-39-19-24-44-89(76)106-13/h14-62,97H,1-12H3. The van der Waals surface area contributed by atoms with Crippen LogP contribution in [-0.4, -0.2) is 15.8 Å². The van der Waals surface area contributed by atoms with E-state index in [2.05, 4.69) is 381 Å². The fourth-order valence-electron chi connectivity index (χ4n) is 17.8. The molecule has 18 rings (SSSR count). The second-order valence-corrected chi connectivity index (χ2v) is 34.2. The highest BCUT2D eigenvalue weighted by atomic mass is 15.2. The normalized spacial score (nSPS) is 13.5. The van der Waals surface area contributed by atoms with Gasteiger partial charge >= 0.3 is 0 Å². The van der Waals surface area contributed by atoms with Crippen LogP contribution in [0.2, 0.25) is 0 Å². The van der Waals surface area contributed by atoms with E-state index >= 15 is 0 Å². The summed E-state index contributed by atoms with van der Waals surface area (Å²) in [6.07, 6.45) is 0. The fraction of sp³-hybridized carbons (Fsp3) is 0.165. The van der Waals surface area contributed by atoms with Crippen molar-refractivity contribution in [2.45, 2.75) is 111 Å². The van der Waals surface area contributed by atoms with Gasteiger partial charge in [-0.2, -0.15) is 5.26 Å². The number of aromatic nitrogens is 2. The summed E-state index contributed by atoms with van der Waals surface area (Å²) in [4.78, 5) is 7.08. The van der Waals surface area contributed by atoms with Crippen molar-refractivity contribution < 1.29 is 0 Å². The molecule has 526 valence electrons. The number of fused-ring (bicyclic) bond motifs is 10. The molecular formula is C103H86BN5. The predicted octanol–water partition coefficient (Wildman–Crippen LogP) is 25.6. The number of nitriles is 1. The van der Waals surface area contributed by atoms with Crippen LogP contribution in [0.15, 0.2) is 297 Å². The second kappa shape index (κ2) is 25.6. The van der Waals surface area contributed by atoms with Crippen molar-refractivity contribution in [3.63, 3.8) is 0 Å². The minimum absolute atomic E-state index is 0.177. The minimum Gasteiger partial charge on any atom is -0.310 e. The SMILES string of the molecule is [C-]#[N+]c1ccccc1-c1cc(C(C)(C)C)cc(-c2cccc(C(C)(C)C)c2)c1N1c2cc(-n3c4ccccc4c4ccccc43)ccc2B2c3ccc(-n4c5ccccc5c5ccccc54)cc3C(c3c(-c4cccc(C(C)(C)C)c4)cc(C(C)(C)C)cc3-c3ccccc3C#N)c3cc(-c4ccccc4)cc1c32. The Morgan fingerprint density at radius 1 is 0.349 bits per heavy atom. The van der Waals surface area contributed by atoms with Crippen molar-refractivity contribution in [3.8, 4) is 73.1 Å². The molecule has 0 saturated heterocycles. The molecule has 0 fully saturated rings. The zero-order valence-corrected chi connectivity index (χ0v) is 64.2. The lowest BCUT2D eigenvalue weighted by Gasteiger charge is -2.45. The molecule has 16 aromatic rings. The van der Waals surface area contributed by atoms with Gasteiger partial charge in [0.1, 0.15) is 0 Å². The first-order valence-corrected chi connectivity index (χ1v) is 38.4. The van der Waals surface area contributed by atoms with Gasteiger partial charge in [0, 0.05) is 55.8 Å². The summed E-state index contributed by atoms with van der Waals surface area (Å²) < 4.78 is 4.96. The molecule has 4 heterocycles. The lowest BCUT2D eigenvalue weighted by Crippen LogP contribution is -2.62. The third-order valence-electron chi connectivity index (χ3n) is 23.3. The summed E-state index contributed by atoms with van der Waals surface area (Å²) in [7, 11) is 0. The maximum absolute atomic E-state index is 11.6. The van der Waals surface area contributed by atoms with Crippen LogP contribution in [-0.2, 0) is 21.7 Å². The molecule has 0 radical (unpaired) electrons. The molecule has 1 atom stereocenters. The molecule has 1 unspecified atom stereocenters. The number of hydrogen-bond acceptors (Lipinski definition) is 2. The van der Waals surface area contributed by atoms with Crippen LogP contribution in [0.25, 0.3) is 115 Å². The van der Waals surface area contributed by atoms with Crippen molar-refractivity contribution in [2.75, 3.05) is 4.90 Å². The lowest BCUT2D eigenvalue weighted by molar-refractivity contribution is 0.589. The Balaban J connectivity index is 1.07. The number of hydrogen-bond donors (Lipinski definition) is 0. The molecule has 0 aliphatic carbocycles. The molecule has 0 spiro atoms. The zero-order valence-electron chi connectivity index (χ0n) is 64.2. The molecule has 2 aliphatic rings. The van der Waals surface area contributed by atoms with E-state index in [0.717, 1.165) is 123 Å². The first-order chi connectivity index (χ1) is 52.5. The molecular weight excluding hydrogens is 1320 g/mol. The van der Waals surface area contributed by atoms with Gasteiger partial charge in [0.25, 0.3) is 0 Å². The number of rotatable bonds is 9. The Morgan fingerprint density at radius 3 is 1.36 bits per heavy atom. The van der Waals surface area contributed by atoms with E-state index in [1.54, 1.807) is 0 Å². The van der Waals surface area contributed by atoms with Gasteiger partial charge in [-0.25, -0.2) is 4.85 Å². The molecule has 5 nitrogen and oxygen atoms in total. The van der Waals surface area contributed by atoms with Crippen molar-refractivity contribution in [3.05, 3.63) is 353 Å². The van der Waals surface area contributed by atoms with E-state index in [1.165, 1.54) is 60.3 Å². The minimum atomic E-state index is -0.477. The molecule has 0 N–H and O–H groups in total. The largest absolute Gasteiger partial charge is 0.310 e. The van der Waals surface area contributed by atoms with E-state index in [4.69, 9.17) is 6.57 Å². The molecule has 0 amide bonds. The predicted molar refractivity (Wildman–Crippen MR) is 461 cm³/mol. The molecule has 2 aromatic heterocycles. The highest BCUT2D eigenvalue weighted by molar-refractivity contribution is 6.99. The smallest absolute Gasteiger partial charge is 0.247 e. The number of nitrogens with zero attached hydrogens (tertiary/aromatic N) is 5. The van der Waals surface area contributed by atoms with Gasteiger partial charge in [-0.3, -0.25) is 0 Å². The first kappa shape index (κ1) is 68.3. The van der Waals surface area contributed by atoms with Crippen molar-refractivity contribution in [1.29, 1.82) is 5.26 Å². The van der Waals surface area contributed by atoms with Crippen LogP contribution in [0.1, 0.15) is 134 Å². The Labute approximate surface area is 641 Å². The van der Waals surface area contributed by atoms with E-state index in [-0.39, 0.29) is 28.4 Å². The summed E-state index contributed by atoms with van der Waals surface area (Å²) in [6, 6.07) is 114. The molecule has 0 bridgehead atoms. The summed E-state index contributed by atoms with van der Waals surface area (Å²) in [6.45, 7) is 36.5. The Kier molecular flexibility index (Phi) is 16.1. The molecule has 109 heavy (non-hydrogen) atoms. The van der Waals surface area contributed by atoms with Gasteiger partial charge in [0.05, 0.1) is 46.0 Å². The highest BCUT2D eigenvalue weighted by Crippen LogP contribution is 2.56. The van der Waals surface area contributed by atoms with Crippen LogP contribution >= 0.6 is 0 Å². The van der Waals surface area contributed by atoms with E-state index in [0.29, 0.717) is 11.3 Å². The highest BCUT2D eigenvalue weighted by Gasteiger charge is 2.47. The zero-order chi connectivity index (χ0) is 75.2. The molecule has 2 aliphatic heterocycles. The van der Waals surface area contributed by atoms with Crippen LogP contribution < -0.4 is 21.3 Å². The second-order valence-electron chi connectivity index (χ2n) is 34.2. The van der Waals surface area contributed by atoms with Crippen molar-refractivity contribution in [1.82, 2.24) is 9.13 Å². The Morgan fingerprint density at radius 2 is 0.807 bits per heavy atom. The first-order valence-electron chi connectivity index (χ1n) is 38.4. The summed E-state index contributed by atoms with van der Waals surface area (Å²) >= 11 is 0. The van der Waals surface area contributed by atoms with E-state index < -0.39 is 5.92 Å². The third-order valence-corrected chi connectivity index (χ3v) is 23.3. The summed E-state index contributed by atoms with van der Waals surface area (Å²) in [5.74, 6) is -0.477. The van der Waals surface area contributed by atoms with Crippen LogP contribution in [0.3, 0.4) is 0 Å². The molecule has 14 aromatic carbocycles. The Hall–Kier alpha value is -12.5. The maximum atomic E-state index is 11.6. The number of benzene rings is 14. The monoisotopic (exact) mass is 1400 g/mol. The van der Waals surface area contributed by atoms with E-state index in [9.17, 15) is 5.26 Å². The average molecular weight is 1400 g/mol. The van der Waals surface area contributed by atoms with Gasteiger partial charge in [0.15, 0.2) is 5.69 Å². The topological polar surface area (TPSA) is 41.2 Å². The third kappa shape index (κ3) is 11.3. The van der Waals surface area contributed by atoms with Gasteiger partial charge in [-0.05, 0) is 194 Å². The van der Waals surface area contributed by atoms with Gasteiger partial charge in [-0.1, -0.05) is 313 Å². The van der Waals surface area contributed by atoms with Crippen LogP contribution in [0, 0.1) is 17.9 Å². The van der Waals surface area contributed by atoms with Crippen molar-refractivity contribution >= 4 is 89.5 Å². The Bertz CT molecular complexity index is 6040.